The van der Waals surface area contributed by atoms with Crippen molar-refractivity contribution in [2.75, 3.05) is 18.4 Å². The topological polar surface area (TPSA) is 58.6 Å². The molecule has 0 unspecified atom stereocenters. The van der Waals surface area contributed by atoms with Crippen LogP contribution in [0.15, 0.2) is 54.6 Å². The van der Waals surface area contributed by atoms with Gasteiger partial charge in [-0.05, 0) is 42.8 Å². The molecule has 0 atom stereocenters. The van der Waals surface area contributed by atoms with Gasteiger partial charge in [0.2, 0.25) is 11.8 Å². The Hall–Kier alpha value is -2.82. The Bertz CT molecular complexity index is 683. The third-order valence-electron chi connectivity index (χ3n) is 3.62. The molecule has 5 nitrogen and oxygen atoms in total. The lowest BCUT2D eigenvalue weighted by Gasteiger charge is -2.15. The molecule has 23 heavy (non-hydrogen) atoms. The number of amides is 2. The van der Waals surface area contributed by atoms with Gasteiger partial charge in [0.05, 0.1) is 6.54 Å². The van der Waals surface area contributed by atoms with Crippen molar-refractivity contribution in [3.05, 3.63) is 54.6 Å². The molecule has 1 fully saturated rings. The second kappa shape index (κ2) is 6.96. The Balaban J connectivity index is 1.55. The van der Waals surface area contributed by atoms with Gasteiger partial charge in [0.25, 0.3) is 0 Å². The number of rotatable bonds is 5. The number of hydrogen-bond acceptors (Lipinski definition) is 3. The average Bonchev–Trinajstić information content (AvgIpc) is 2.95. The number of hydrogen-bond donors (Lipinski definition) is 1. The van der Waals surface area contributed by atoms with Crippen molar-refractivity contribution in [2.24, 2.45) is 0 Å². The van der Waals surface area contributed by atoms with E-state index in [1.165, 1.54) is 0 Å². The summed E-state index contributed by atoms with van der Waals surface area (Å²) in [6.45, 7) is 0.775. The lowest BCUT2D eigenvalue weighted by molar-refractivity contribution is -0.131. The van der Waals surface area contributed by atoms with Crippen molar-refractivity contribution in [3.63, 3.8) is 0 Å². The smallest absolute Gasteiger partial charge is 0.243 e. The summed E-state index contributed by atoms with van der Waals surface area (Å²) in [7, 11) is 0. The van der Waals surface area contributed by atoms with Crippen molar-refractivity contribution in [1.29, 1.82) is 0 Å². The Labute approximate surface area is 134 Å². The van der Waals surface area contributed by atoms with Gasteiger partial charge in [0, 0.05) is 18.7 Å². The minimum atomic E-state index is -0.183. The molecule has 0 bridgehead atoms. The highest BCUT2D eigenvalue weighted by Crippen LogP contribution is 2.22. The van der Waals surface area contributed by atoms with Crippen LogP contribution >= 0.6 is 0 Å². The maximum absolute atomic E-state index is 12.0. The van der Waals surface area contributed by atoms with Crippen LogP contribution in [0.4, 0.5) is 5.69 Å². The van der Waals surface area contributed by atoms with Crippen LogP contribution in [-0.4, -0.2) is 29.8 Å². The van der Waals surface area contributed by atoms with E-state index < -0.39 is 0 Å². The van der Waals surface area contributed by atoms with Crippen molar-refractivity contribution in [2.45, 2.75) is 12.8 Å². The van der Waals surface area contributed by atoms with Gasteiger partial charge < -0.3 is 15.0 Å². The highest BCUT2D eigenvalue weighted by molar-refractivity contribution is 5.94. The van der Waals surface area contributed by atoms with Gasteiger partial charge in [-0.25, -0.2) is 0 Å². The number of benzene rings is 2. The molecule has 2 aromatic rings. The Kier molecular flexibility index (Phi) is 4.57. The summed E-state index contributed by atoms with van der Waals surface area (Å²) in [5, 5.41) is 2.79. The first-order valence-corrected chi connectivity index (χ1v) is 7.61. The number of nitrogens with zero attached hydrogens (tertiary/aromatic N) is 1. The number of nitrogens with one attached hydrogen (secondary N) is 1. The molecule has 1 N–H and O–H groups in total. The average molecular weight is 310 g/mol. The fourth-order valence-electron chi connectivity index (χ4n) is 2.48. The second-order valence-corrected chi connectivity index (χ2v) is 5.41. The van der Waals surface area contributed by atoms with Crippen LogP contribution in [0, 0.1) is 0 Å². The Morgan fingerprint density at radius 2 is 1.74 bits per heavy atom. The lowest BCUT2D eigenvalue weighted by Crippen LogP contribution is -2.33. The van der Waals surface area contributed by atoms with Gasteiger partial charge in [-0.3, -0.25) is 9.59 Å². The van der Waals surface area contributed by atoms with Crippen LogP contribution in [0.3, 0.4) is 0 Å². The molecule has 3 rings (SSSR count). The molecule has 1 aliphatic rings. The second-order valence-electron chi connectivity index (χ2n) is 5.41. The van der Waals surface area contributed by atoms with Crippen LogP contribution in [0.25, 0.3) is 0 Å². The highest BCUT2D eigenvalue weighted by atomic mass is 16.5. The number of ether oxygens (including phenoxy) is 1. The third-order valence-corrected chi connectivity index (χ3v) is 3.62. The Morgan fingerprint density at radius 1 is 1.04 bits per heavy atom. The summed E-state index contributed by atoms with van der Waals surface area (Å²) in [5.41, 5.74) is 0.682. The summed E-state index contributed by atoms with van der Waals surface area (Å²) in [5.74, 6) is 1.32. The van der Waals surface area contributed by atoms with Crippen molar-refractivity contribution >= 4 is 17.5 Å². The quantitative estimate of drug-likeness (QED) is 0.923. The number of carbonyl (C=O) groups is 2. The molecule has 0 spiro atoms. The molecule has 2 amide bonds. The maximum Gasteiger partial charge on any atom is 0.243 e. The molecule has 1 aliphatic heterocycles. The van der Waals surface area contributed by atoms with E-state index in [0.717, 1.165) is 12.2 Å². The number of likely N-dealkylation sites (tertiary alicyclic amines) is 1. The molecule has 2 aromatic carbocycles. The van der Waals surface area contributed by atoms with E-state index in [9.17, 15) is 9.59 Å². The molecule has 0 aromatic heterocycles. The first-order valence-electron chi connectivity index (χ1n) is 7.61. The molecule has 0 radical (unpaired) electrons. The standard InChI is InChI=1S/C18H18N2O3/c21-17(13-20-12-4-7-18(20)22)19-14-8-10-16(11-9-14)23-15-5-2-1-3-6-15/h1-3,5-6,8-11H,4,7,12-13H2,(H,19,21). The predicted octanol–water partition coefficient (Wildman–Crippen LogP) is 3.04. The van der Waals surface area contributed by atoms with E-state index in [0.29, 0.717) is 24.4 Å². The first kappa shape index (κ1) is 15.1. The van der Waals surface area contributed by atoms with Gasteiger partial charge in [-0.2, -0.15) is 0 Å². The largest absolute Gasteiger partial charge is 0.457 e. The van der Waals surface area contributed by atoms with E-state index in [1.54, 1.807) is 29.2 Å². The van der Waals surface area contributed by atoms with Crippen LogP contribution in [-0.2, 0) is 9.59 Å². The zero-order chi connectivity index (χ0) is 16.1. The first-order chi connectivity index (χ1) is 11.2. The molecule has 0 saturated carbocycles. The summed E-state index contributed by atoms with van der Waals surface area (Å²) in [6.07, 6.45) is 1.37. The Morgan fingerprint density at radius 3 is 2.39 bits per heavy atom. The van der Waals surface area contributed by atoms with Crippen molar-refractivity contribution in [3.8, 4) is 11.5 Å². The normalized spacial score (nSPS) is 13.9. The molecular formula is C18H18N2O3. The summed E-state index contributed by atoms with van der Waals surface area (Å²) < 4.78 is 5.69. The SMILES string of the molecule is O=C(CN1CCCC1=O)Nc1ccc(Oc2ccccc2)cc1. The number of anilines is 1. The van der Waals surface area contributed by atoms with Crippen LogP contribution in [0.5, 0.6) is 11.5 Å². The van der Waals surface area contributed by atoms with Gasteiger partial charge in [-0.1, -0.05) is 18.2 Å². The van der Waals surface area contributed by atoms with E-state index in [4.69, 9.17) is 4.74 Å². The lowest BCUT2D eigenvalue weighted by atomic mass is 10.3. The fraction of sp³-hybridized carbons (Fsp3) is 0.222. The van der Waals surface area contributed by atoms with Crippen molar-refractivity contribution in [1.82, 2.24) is 4.90 Å². The third kappa shape index (κ3) is 4.10. The van der Waals surface area contributed by atoms with Gasteiger partial charge in [0.15, 0.2) is 0 Å². The van der Waals surface area contributed by atoms with E-state index in [2.05, 4.69) is 5.32 Å². The van der Waals surface area contributed by atoms with E-state index in [-0.39, 0.29) is 18.4 Å². The van der Waals surface area contributed by atoms with Crippen LogP contribution in [0.2, 0.25) is 0 Å². The van der Waals surface area contributed by atoms with Crippen LogP contribution in [0.1, 0.15) is 12.8 Å². The number of carbonyl (C=O) groups excluding carboxylic acids is 2. The van der Waals surface area contributed by atoms with Crippen LogP contribution < -0.4 is 10.1 Å². The van der Waals surface area contributed by atoms with Crippen molar-refractivity contribution < 1.29 is 14.3 Å². The molecule has 5 heteroatoms. The monoisotopic (exact) mass is 310 g/mol. The van der Waals surface area contributed by atoms with Gasteiger partial charge >= 0.3 is 0 Å². The fourth-order valence-corrected chi connectivity index (χ4v) is 2.48. The molecule has 1 heterocycles. The number of para-hydroxylation sites is 1. The molecule has 1 saturated heterocycles. The zero-order valence-electron chi connectivity index (χ0n) is 12.7. The minimum absolute atomic E-state index is 0.0479. The molecular weight excluding hydrogens is 292 g/mol. The van der Waals surface area contributed by atoms with Gasteiger partial charge in [-0.15, -0.1) is 0 Å². The van der Waals surface area contributed by atoms with Gasteiger partial charge in [0.1, 0.15) is 11.5 Å². The highest BCUT2D eigenvalue weighted by Gasteiger charge is 2.22. The van der Waals surface area contributed by atoms with E-state index >= 15 is 0 Å². The predicted molar refractivity (Wildman–Crippen MR) is 87.4 cm³/mol. The van der Waals surface area contributed by atoms with E-state index in [1.807, 2.05) is 30.3 Å². The summed E-state index contributed by atoms with van der Waals surface area (Å²) >= 11 is 0. The summed E-state index contributed by atoms with van der Waals surface area (Å²) in [6, 6.07) is 16.6. The zero-order valence-corrected chi connectivity index (χ0v) is 12.7. The molecule has 118 valence electrons. The maximum atomic E-state index is 12.0. The minimum Gasteiger partial charge on any atom is -0.457 e. The summed E-state index contributed by atoms with van der Waals surface area (Å²) in [4.78, 5) is 25.0. The molecule has 0 aliphatic carbocycles.